The molecule has 0 spiro atoms. The summed E-state index contributed by atoms with van der Waals surface area (Å²) in [6, 6.07) is 10.4. The second-order valence-corrected chi connectivity index (χ2v) is 3.15. The minimum absolute atomic E-state index is 0.419. The molecule has 68 valence electrons. The molecule has 1 aliphatic rings. The molecular weight excluding hydrogens is 160 g/mol. The Balaban J connectivity index is 2.21. The molecule has 0 bridgehead atoms. The Kier molecular flexibility index (Phi) is 2.21. The molecule has 2 rings (SSSR count). The summed E-state index contributed by atoms with van der Waals surface area (Å²) in [7, 11) is 0. The van der Waals surface area contributed by atoms with Crippen molar-refractivity contribution in [3.8, 4) is 0 Å². The summed E-state index contributed by atoms with van der Waals surface area (Å²) >= 11 is 0. The summed E-state index contributed by atoms with van der Waals surface area (Å²) in [5.74, 6) is 0. The molecule has 1 N–H and O–H groups in total. The summed E-state index contributed by atoms with van der Waals surface area (Å²) in [4.78, 5) is 2.25. The first-order valence-corrected chi connectivity index (χ1v) is 4.68. The van der Waals surface area contributed by atoms with Gasteiger partial charge >= 0.3 is 0 Å². The Labute approximate surface area is 78.9 Å². The van der Waals surface area contributed by atoms with E-state index >= 15 is 0 Å². The first-order valence-electron chi connectivity index (χ1n) is 4.68. The first kappa shape index (κ1) is 8.17. The Morgan fingerprint density at radius 3 is 2.77 bits per heavy atom. The SMILES string of the molecule is CCC1NC=CN1c1ccccc1. The third kappa shape index (κ3) is 1.52. The summed E-state index contributed by atoms with van der Waals surface area (Å²) in [5.41, 5.74) is 1.25. The van der Waals surface area contributed by atoms with Crippen LogP contribution in [0.4, 0.5) is 5.69 Å². The van der Waals surface area contributed by atoms with Gasteiger partial charge in [-0.3, -0.25) is 0 Å². The van der Waals surface area contributed by atoms with Gasteiger partial charge in [0.05, 0.1) is 0 Å². The van der Waals surface area contributed by atoms with E-state index in [1.165, 1.54) is 5.69 Å². The molecule has 0 saturated carbocycles. The molecule has 0 aliphatic carbocycles. The van der Waals surface area contributed by atoms with E-state index in [2.05, 4.69) is 47.6 Å². The van der Waals surface area contributed by atoms with Gasteiger partial charge in [0.2, 0.25) is 0 Å². The molecule has 1 aliphatic heterocycles. The van der Waals surface area contributed by atoms with Crippen LogP contribution in [0.3, 0.4) is 0 Å². The van der Waals surface area contributed by atoms with Crippen molar-refractivity contribution in [2.45, 2.75) is 19.5 Å². The molecule has 2 heteroatoms. The van der Waals surface area contributed by atoms with Gasteiger partial charge in [0.1, 0.15) is 6.17 Å². The average molecular weight is 174 g/mol. The lowest BCUT2D eigenvalue weighted by Gasteiger charge is -2.24. The highest BCUT2D eigenvalue weighted by atomic mass is 15.3. The van der Waals surface area contributed by atoms with Crippen LogP contribution in [0, 0.1) is 0 Å². The molecule has 1 aromatic rings. The molecule has 2 nitrogen and oxygen atoms in total. The van der Waals surface area contributed by atoms with Crippen LogP contribution in [0.1, 0.15) is 13.3 Å². The molecule has 1 unspecified atom stereocenters. The Hall–Kier alpha value is -1.44. The van der Waals surface area contributed by atoms with Gasteiger partial charge in [-0.25, -0.2) is 0 Å². The molecule has 0 fully saturated rings. The highest BCUT2D eigenvalue weighted by Gasteiger charge is 2.16. The number of para-hydroxylation sites is 1. The highest BCUT2D eigenvalue weighted by molar-refractivity contribution is 5.51. The molecule has 13 heavy (non-hydrogen) atoms. The van der Waals surface area contributed by atoms with Crippen LogP contribution in [0.15, 0.2) is 42.7 Å². The van der Waals surface area contributed by atoms with E-state index in [9.17, 15) is 0 Å². The minimum atomic E-state index is 0.419. The zero-order chi connectivity index (χ0) is 9.10. The van der Waals surface area contributed by atoms with Gasteiger partial charge < -0.3 is 10.2 Å². The zero-order valence-corrected chi connectivity index (χ0v) is 7.77. The topological polar surface area (TPSA) is 15.3 Å². The van der Waals surface area contributed by atoms with Crippen molar-refractivity contribution in [3.05, 3.63) is 42.7 Å². The number of nitrogens with zero attached hydrogens (tertiary/aromatic N) is 1. The largest absolute Gasteiger partial charge is 0.370 e. The fraction of sp³-hybridized carbons (Fsp3) is 0.273. The van der Waals surface area contributed by atoms with Crippen molar-refractivity contribution < 1.29 is 0 Å². The van der Waals surface area contributed by atoms with E-state index in [4.69, 9.17) is 0 Å². The monoisotopic (exact) mass is 174 g/mol. The maximum absolute atomic E-state index is 3.30. The maximum Gasteiger partial charge on any atom is 0.103 e. The Morgan fingerprint density at radius 2 is 2.08 bits per heavy atom. The Bertz CT molecular complexity index is 292. The molecule has 1 heterocycles. The molecule has 0 aromatic heterocycles. The zero-order valence-electron chi connectivity index (χ0n) is 7.77. The van der Waals surface area contributed by atoms with Crippen molar-refractivity contribution >= 4 is 5.69 Å². The fourth-order valence-corrected chi connectivity index (χ4v) is 1.60. The van der Waals surface area contributed by atoms with Gasteiger partial charge in [-0.2, -0.15) is 0 Å². The predicted octanol–water partition coefficient (Wildman–Crippen LogP) is 2.30. The van der Waals surface area contributed by atoms with Gasteiger partial charge in [-0.1, -0.05) is 25.1 Å². The molecule has 1 atom stereocenters. The quantitative estimate of drug-likeness (QED) is 0.740. The highest BCUT2D eigenvalue weighted by Crippen LogP contribution is 2.19. The van der Waals surface area contributed by atoms with E-state index in [1.54, 1.807) is 0 Å². The average Bonchev–Trinajstić information content (AvgIpc) is 2.67. The van der Waals surface area contributed by atoms with Crippen LogP contribution in [0.5, 0.6) is 0 Å². The number of hydrogen-bond donors (Lipinski definition) is 1. The van der Waals surface area contributed by atoms with Crippen molar-refractivity contribution in [2.24, 2.45) is 0 Å². The van der Waals surface area contributed by atoms with Gasteiger partial charge in [0.15, 0.2) is 0 Å². The van der Waals surface area contributed by atoms with Crippen molar-refractivity contribution in [2.75, 3.05) is 4.90 Å². The number of rotatable bonds is 2. The van der Waals surface area contributed by atoms with Crippen molar-refractivity contribution in [1.29, 1.82) is 0 Å². The van der Waals surface area contributed by atoms with Gasteiger partial charge in [-0.05, 0) is 18.6 Å². The third-order valence-electron chi connectivity index (χ3n) is 2.30. The van der Waals surface area contributed by atoms with Crippen LogP contribution in [-0.2, 0) is 0 Å². The van der Waals surface area contributed by atoms with E-state index in [-0.39, 0.29) is 0 Å². The molecule has 0 amide bonds. The molecule has 1 aromatic carbocycles. The van der Waals surface area contributed by atoms with E-state index < -0.39 is 0 Å². The van der Waals surface area contributed by atoms with Crippen LogP contribution < -0.4 is 10.2 Å². The summed E-state index contributed by atoms with van der Waals surface area (Å²) < 4.78 is 0. The maximum atomic E-state index is 3.30. The van der Waals surface area contributed by atoms with E-state index in [0.29, 0.717) is 6.17 Å². The molecule has 0 radical (unpaired) electrons. The Morgan fingerprint density at radius 1 is 1.31 bits per heavy atom. The first-order chi connectivity index (χ1) is 6.42. The lowest BCUT2D eigenvalue weighted by atomic mass is 10.2. The lowest BCUT2D eigenvalue weighted by Crippen LogP contribution is -2.34. The van der Waals surface area contributed by atoms with E-state index in [0.717, 1.165) is 6.42 Å². The smallest absolute Gasteiger partial charge is 0.103 e. The predicted molar refractivity (Wildman–Crippen MR) is 55.3 cm³/mol. The second kappa shape index (κ2) is 3.52. The van der Waals surface area contributed by atoms with E-state index in [1.807, 2.05) is 12.3 Å². The number of benzene rings is 1. The normalized spacial score (nSPS) is 20.4. The van der Waals surface area contributed by atoms with Crippen LogP contribution in [0.25, 0.3) is 0 Å². The fourth-order valence-electron chi connectivity index (χ4n) is 1.60. The summed E-state index contributed by atoms with van der Waals surface area (Å²) in [6.07, 6.45) is 5.61. The number of hydrogen-bond acceptors (Lipinski definition) is 2. The van der Waals surface area contributed by atoms with Crippen molar-refractivity contribution in [1.82, 2.24) is 5.32 Å². The lowest BCUT2D eigenvalue weighted by molar-refractivity contribution is 0.604. The van der Waals surface area contributed by atoms with Crippen LogP contribution in [-0.4, -0.2) is 6.17 Å². The van der Waals surface area contributed by atoms with Crippen LogP contribution in [0.2, 0.25) is 0 Å². The van der Waals surface area contributed by atoms with Gasteiger partial charge in [0.25, 0.3) is 0 Å². The van der Waals surface area contributed by atoms with Crippen LogP contribution >= 0.6 is 0 Å². The van der Waals surface area contributed by atoms with Crippen molar-refractivity contribution in [3.63, 3.8) is 0 Å². The standard InChI is InChI=1S/C11H14N2/c1-2-11-12-8-9-13(11)10-6-4-3-5-7-10/h3-9,11-12H,2H2,1H3. The molecular formula is C11H14N2. The van der Waals surface area contributed by atoms with Gasteiger partial charge in [0, 0.05) is 18.1 Å². The second-order valence-electron chi connectivity index (χ2n) is 3.15. The number of nitrogens with one attached hydrogen (secondary N) is 1. The summed E-state index contributed by atoms with van der Waals surface area (Å²) in [6.45, 7) is 2.18. The molecule has 0 saturated heterocycles. The number of anilines is 1. The van der Waals surface area contributed by atoms with Gasteiger partial charge in [-0.15, -0.1) is 0 Å². The summed E-state index contributed by atoms with van der Waals surface area (Å²) in [5, 5.41) is 3.30. The minimum Gasteiger partial charge on any atom is -0.370 e. The third-order valence-corrected chi connectivity index (χ3v) is 2.30.